The van der Waals surface area contributed by atoms with Gasteiger partial charge < -0.3 is 5.11 Å². The van der Waals surface area contributed by atoms with E-state index in [0.29, 0.717) is 15.7 Å². The lowest BCUT2D eigenvalue weighted by atomic mass is 10.3. The molecular formula is C10H7BrCl2N2O. The van der Waals surface area contributed by atoms with Crippen molar-refractivity contribution < 1.29 is 5.11 Å². The molecule has 1 N–H and O–H groups in total. The first kappa shape index (κ1) is 11.9. The topological polar surface area (TPSA) is 38.1 Å². The number of nitrogens with zero attached hydrogens (tertiary/aromatic N) is 2. The van der Waals surface area contributed by atoms with E-state index in [9.17, 15) is 0 Å². The number of hydrogen-bond donors (Lipinski definition) is 1. The van der Waals surface area contributed by atoms with Crippen LogP contribution in [0.4, 0.5) is 0 Å². The lowest BCUT2D eigenvalue weighted by Gasteiger charge is -2.02. The quantitative estimate of drug-likeness (QED) is 0.920. The molecular weight excluding hydrogens is 315 g/mol. The van der Waals surface area contributed by atoms with E-state index >= 15 is 0 Å². The van der Waals surface area contributed by atoms with Crippen LogP contribution in [-0.4, -0.2) is 14.9 Å². The van der Waals surface area contributed by atoms with Gasteiger partial charge in [-0.15, -0.1) is 0 Å². The first-order valence-electron chi connectivity index (χ1n) is 4.42. The zero-order valence-corrected chi connectivity index (χ0v) is 11.1. The molecule has 16 heavy (non-hydrogen) atoms. The minimum absolute atomic E-state index is 0.116. The number of rotatable bonds is 2. The van der Waals surface area contributed by atoms with Crippen molar-refractivity contribution in [1.82, 2.24) is 9.78 Å². The maximum atomic E-state index is 9.02. The van der Waals surface area contributed by atoms with Gasteiger partial charge in [-0.3, -0.25) is 0 Å². The number of hydrogen-bond acceptors (Lipinski definition) is 2. The fraction of sp³-hybridized carbons (Fsp3) is 0.100. The fourth-order valence-electron chi connectivity index (χ4n) is 1.26. The Balaban J connectivity index is 2.46. The molecule has 1 aromatic carbocycles. The van der Waals surface area contributed by atoms with E-state index in [0.717, 1.165) is 10.2 Å². The summed E-state index contributed by atoms with van der Waals surface area (Å²) >= 11 is 15.0. The molecule has 0 bridgehead atoms. The third-order valence-corrected chi connectivity index (χ3v) is 3.46. The minimum Gasteiger partial charge on any atom is -0.390 e. The van der Waals surface area contributed by atoms with E-state index in [1.54, 1.807) is 29.1 Å². The van der Waals surface area contributed by atoms with Gasteiger partial charge in [0.25, 0.3) is 0 Å². The van der Waals surface area contributed by atoms with Crippen LogP contribution < -0.4 is 0 Å². The minimum atomic E-state index is -0.116. The van der Waals surface area contributed by atoms with Gasteiger partial charge in [-0.05, 0) is 34.1 Å². The van der Waals surface area contributed by atoms with Crippen LogP contribution >= 0.6 is 39.1 Å². The zero-order chi connectivity index (χ0) is 11.7. The summed E-state index contributed by atoms with van der Waals surface area (Å²) in [5.41, 5.74) is 1.36. The van der Waals surface area contributed by atoms with E-state index < -0.39 is 0 Å². The predicted octanol–water partition coefficient (Wildman–Crippen LogP) is 3.43. The van der Waals surface area contributed by atoms with Crippen LogP contribution in [0.1, 0.15) is 5.69 Å². The Labute approximate surface area is 111 Å². The Morgan fingerprint density at radius 1 is 1.31 bits per heavy atom. The molecule has 0 fully saturated rings. The van der Waals surface area contributed by atoms with Gasteiger partial charge in [-0.25, -0.2) is 4.68 Å². The molecule has 6 heteroatoms. The van der Waals surface area contributed by atoms with Gasteiger partial charge in [0.15, 0.2) is 0 Å². The molecule has 1 heterocycles. The van der Waals surface area contributed by atoms with Crippen molar-refractivity contribution in [3.8, 4) is 5.69 Å². The van der Waals surface area contributed by atoms with Crippen LogP contribution in [-0.2, 0) is 6.61 Å². The molecule has 0 aliphatic rings. The second-order valence-electron chi connectivity index (χ2n) is 3.12. The monoisotopic (exact) mass is 320 g/mol. The highest BCUT2D eigenvalue weighted by molar-refractivity contribution is 9.10. The van der Waals surface area contributed by atoms with Crippen LogP contribution in [0.25, 0.3) is 5.69 Å². The molecule has 0 saturated heterocycles. The summed E-state index contributed by atoms with van der Waals surface area (Å²) in [7, 11) is 0. The molecule has 0 amide bonds. The Hall–Kier alpha value is -0.550. The maximum Gasteiger partial charge on any atom is 0.102 e. The highest BCUT2D eigenvalue weighted by Gasteiger charge is 2.07. The van der Waals surface area contributed by atoms with Gasteiger partial charge in [0.2, 0.25) is 0 Å². The fourth-order valence-corrected chi connectivity index (χ4v) is 1.95. The molecule has 84 valence electrons. The normalized spacial score (nSPS) is 10.8. The first-order valence-corrected chi connectivity index (χ1v) is 5.97. The number of aromatic nitrogens is 2. The van der Waals surface area contributed by atoms with Crippen molar-refractivity contribution in [3.63, 3.8) is 0 Å². The van der Waals surface area contributed by atoms with Crippen LogP contribution in [0.5, 0.6) is 0 Å². The van der Waals surface area contributed by atoms with Gasteiger partial charge in [-0.2, -0.15) is 5.10 Å². The lowest BCUT2D eigenvalue weighted by molar-refractivity contribution is 0.275. The van der Waals surface area contributed by atoms with Crippen LogP contribution in [0.3, 0.4) is 0 Å². The van der Waals surface area contributed by atoms with Gasteiger partial charge in [0.1, 0.15) is 5.69 Å². The van der Waals surface area contributed by atoms with Crippen LogP contribution in [0, 0.1) is 0 Å². The van der Waals surface area contributed by atoms with Gasteiger partial charge >= 0.3 is 0 Å². The molecule has 3 nitrogen and oxygen atoms in total. The molecule has 1 aromatic heterocycles. The van der Waals surface area contributed by atoms with E-state index in [2.05, 4.69) is 21.0 Å². The molecule has 0 aliphatic carbocycles. The molecule has 0 spiro atoms. The van der Waals surface area contributed by atoms with E-state index in [4.69, 9.17) is 28.3 Å². The average molecular weight is 322 g/mol. The highest BCUT2D eigenvalue weighted by Crippen LogP contribution is 2.25. The maximum absolute atomic E-state index is 9.02. The summed E-state index contributed by atoms with van der Waals surface area (Å²) in [5, 5.41) is 14.2. The predicted molar refractivity (Wildman–Crippen MR) is 67.2 cm³/mol. The van der Waals surface area contributed by atoms with Crippen molar-refractivity contribution in [1.29, 1.82) is 0 Å². The van der Waals surface area contributed by atoms with E-state index in [1.807, 2.05) is 0 Å². The van der Waals surface area contributed by atoms with E-state index in [-0.39, 0.29) is 6.61 Å². The third kappa shape index (κ3) is 2.25. The van der Waals surface area contributed by atoms with Gasteiger partial charge in [0, 0.05) is 6.20 Å². The second kappa shape index (κ2) is 4.75. The molecule has 0 radical (unpaired) electrons. The lowest BCUT2D eigenvalue weighted by Crippen LogP contribution is -1.96. The average Bonchev–Trinajstić information content (AvgIpc) is 2.64. The summed E-state index contributed by atoms with van der Waals surface area (Å²) in [6.07, 6.45) is 1.76. The van der Waals surface area contributed by atoms with Crippen LogP contribution in [0.2, 0.25) is 10.0 Å². The van der Waals surface area contributed by atoms with Gasteiger partial charge in [-0.1, -0.05) is 23.2 Å². The first-order chi connectivity index (χ1) is 7.61. The van der Waals surface area contributed by atoms with Crippen molar-refractivity contribution in [2.75, 3.05) is 0 Å². The molecule has 0 saturated carbocycles. The van der Waals surface area contributed by atoms with Crippen molar-refractivity contribution in [2.45, 2.75) is 6.61 Å². The van der Waals surface area contributed by atoms with Gasteiger partial charge in [0.05, 0.1) is 26.8 Å². The van der Waals surface area contributed by atoms with Crippen molar-refractivity contribution in [3.05, 3.63) is 44.6 Å². The number of aliphatic hydroxyl groups is 1. The Bertz CT molecular complexity index is 528. The Morgan fingerprint density at radius 2 is 2.06 bits per heavy atom. The summed E-state index contributed by atoms with van der Waals surface area (Å²) < 4.78 is 2.37. The summed E-state index contributed by atoms with van der Waals surface area (Å²) in [6, 6.07) is 5.21. The number of benzene rings is 1. The molecule has 0 aliphatic heterocycles. The zero-order valence-electron chi connectivity index (χ0n) is 7.99. The molecule has 2 aromatic rings. The standard InChI is InChI=1S/C10H7BrCl2N2O/c11-7-4-15(14-10(7)5-16)6-1-2-8(12)9(13)3-6/h1-4,16H,5H2. The number of aliphatic hydroxyl groups excluding tert-OH is 1. The smallest absolute Gasteiger partial charge is 0.102 e. The Kier molecular flexibility index (Phi) is 3.54. The highest BCUT2D eigenvalue weighted by atomic mass is 79.9. The molecule has 0 unspecified atom stereocenters. The molecule has 2 rings (SSSR count). The Morgan fingerprint density at radius 3 is 2.62 bits per heavy atom. The SMILES string of the molecule is OCc1nn(-c2ccc(Cl)c(Cl)c2)cc1Br. The summed E-state index contributed by atoms with van der Waals surface area (Å²) in [4.78, 5) is 0. The van der Waals surface area contributed by atoms with Crippen molar-refractivity contribution in [2.24, 2.45) is 0 Å². The van der Waals surface area contributed by atoms with E-state index in [1.165, 1.54) is 0 Å². The summed E-state index contributed by atoms with van der Waals surface area (Å²) in [6.45, 7) is -0.116. The molecule has 0 atom stereocenters. The number of halogens is 3. The van der Waals surface area contributed by atoms with Crippen molar-refractivity contribution >= 4 is 39.1 Å². The van der Waals surface area contributed by atoms with Crippen LogP contribution in [0.15, 0.2) is 28.9 Å². The summed E-state index contributed by atoms with van der Waals surface area (Å²) in [5.74, 6) is 0. The largest absolute Gasteiger partial charge is 0.390 e. The second-order valence-corrected chi connectivity index (χ2v) is 4.79. The third-order valence-electron chi connectivity index (χ3n) is 2.06.